The number of benzene rings is 1. The number of nitrogens with one attached hydrogen (secondary N) is 2. The second-order valence-electron chi connectivity index (χ2n) is 4.41. The van der Waals surface area contributed by atoms with E-state index in [1.165, 1.54) is 6.33 Å². The van der Waals surface area contributed by atoms with Gasteiger partial charge in [0.15, 0.2) is 5.82 Å². The number of aryl methyl sites for hydroxylation is 1. The molecule has 0 saturated carbocycles. The molecule has 6 heteroatoms. The molecule has 2 heterocycles. The standard InChI is InChI=1S/C14H14N6/c1-10-5-6-15-14(19-10)16-8-11-3-2-4-12(7-11)13-17-9-18-20-13/h2-7,9H,8H2,1H3,(H,15,16,19)(H,17,18,20). The van der Waals surface area contributed by atoms with Crippen molar-refractivity contribution >= 4 is 5.95 Å². The van der Waals surface area contributed by atoms with Crippen LogP contribution < -0.4 is 5.32 Å². The highest BCUT2D eigenvalue weighted by Gasteiger charge is 2.02. The van der Waals surface area contributed by atoms with Crippen LogP contribution in [0, 0.1) is 6.92 Å². The smallest absolute Gasteiger partial charge is 0.223 e. The van der Waals surface area contributed by atoms with Crippen molar-refractivity contribution in [3.8, 4) is 11.4 Å². The number of hydrogen-bond acceptors (Lipinski definition) is 5. The van der Waals surface area contributed by atoms with Crippen molar-refractivity contribution in [2.45, 2.75) is 13.5 Å². The highest BCUT2D eigenvalue weighted by molar-refractivity contribution is 5.55. The maximum Gasteiger partial charge on any atom is 0.223 e. The van der Waals surface area contributed by atoms with Gasteiger partial charge >= 0.3 is 0 Å². The second-order valence-corrected chi connectivity index (χ2v) is 4.41. The molecule has 0 aliphatic heterocycles. The van der Waals surface area contributed by atoms with Crippen LogP contribution in [0.4, 0.5) is 5.95 Å². The molecule has 0 aliphatic rings. The fourth-order valence-corrected chi connectivity index (χ4v) is 1.89. The van der Waals surface area contributed by atoms with Crippen molar-refractivity contribution in [2.75, 3.05) is 5.32 Å². The molecule has 0 spiro atoms. The fraction of sp³-hybridized carbons (Fsp3) is 0.143. The van der Waals surface area contributed by atoms with Crippen LogP contribution >= 0.6 is 0 Å². The third-order valence-electron chi connectivity index (χ3n) is 2.86. The van der Waals surface area contributed by atoms with Crippen molar-refractivity contribution in [1.29, 1.82) is 0 Å². The van der Waals surface area contributed by atoms with E-state index in [1.54, 1.807) is 6.20 Å². The first-order valence-corrected chi connectivity index (χ1v) is 6.29. The molecule has 0 radical (unpaired) electrons. The molecule has 0 fully saturated rings. The molecule has 20 heavy (non-hydrogen) atoms. The molecule has 0 atom stereocenters. The Bertz CT molecular complexity index is 692. The van der Waals surface area contributed by atoms with Crippen molar-refractivity contribution < 1.29 is 0 Å². The summed E-state index contributed by atoms with van der Waals surface area (Å²) in [5.74, 6) is 1.40. The van der Waals surface area contributed by atoms with Crippen LogP contribution in [-0.2, 0) is 6.54 Å². The average molecular weight is 266 g/mol. The van der Waals surface area contributed by atoms with Gasteiger partial charge in [-0.05, 0) is 24.6 Å². The largest absolute Gasteiger partial charge is 0.350 e. The molecule has 2 N–H and O–H groups in total. The summed E-state index contributed by atoms with van der Waals surface area (Å²) in [6.07, 6.45) is 3.25. The van der Waals surface area contributed by atoms with Crippen molar-refractivity contribution in [3.63, 3.8) is 0 Å². The Morgan fingerprint density at radius 3 is 2.95 bits per heavy atom. The topological polar surface area (TPSA) is 79.4 Å². The van der Waals surface area contributed by atoms with E-state index in [0.29, 0.717) is 12.5 Å². The molecule has 1 aromatic carbocycles. The molecule has 0 bridgehead atoms. The number of aromatic amines is 1. The zero-order chi connectivity index (χ0) is 13.8. The maximum absolute atomic E-state index is 4.31. The van der Waals surface area contributed by atoms with E-state index in [9.17, 15) is 0 Å². The highest BCUT2D eigenvalue weighted by atomic mass is 15.2. The summed E-state index contributed by atoms with van der Waals surface area (Å²) in [4.78, 5) is 12.6. The van der Waals surface area contributed by atoms with E-state index in [2.05, 4.69) is 36.5 Å². The van der Waals surface area contributed by atoms with Gasteiger partial charge in [-0.1, -0.05) is 18.2 Å². The van der Waals surface area contributed by atoms with E-state index >= 15 is 0 Å². The number of anilines is 1. The number of nitrogens with zero attached hydrogens (tertiary/aromatic N) is 4. The SMILES string of the molecule is Cc1ccnc(NCc2cccc(-c3ncn[nH]3)c2)n1. The number of aromatic nitrogens is 5. The summed E-state index contributed by atoms with van der Waals surface area (Å²) in [5, 5.41) is 9.92. The molecule has 0 saturated heterocycles. The van der Waals surface area contributed by atoms with Gasteiger partial charge in [0.1, 0.15) is 6.33 Å². The maximum atomic E-state index is 4.31. The van der Waals surface area contributed by atoms with Crippen LogP contribution in [0.25, 0.3) is 11.4 Å². The molecular weight excluding hydrogens is 252 g/mol. The van der Waals surface area contributed by atoms with Crippen molar-refractivity contribution in [1.82, 2.24) is 25.1 Å². The molecule has 6 nitrogen and oxygen atoms in total. The van der Waals surface area contributed by atoms with Crippen LogP contribution in [0.1, 0.15) is 11.3 Å². The van der Waals surface area contributed by atoms with Gasteiger partial charge < -0.3 is 5.32 Å². The van der Waals surface area contributed by atoms with Gasteiger partial charge in [0.25, 0.3) is 0 Å². The molecule has 0 aliphatic carbocycles. The lowest BCUT2D eigenvalue weighted by Gasteiger charge is -2.06. The second kappa shape index (κ2) is 5.48. The van der Waals surface area contributed by atoms with Gasteiger partial charge in [0.2, 0.25) is 5.95 Å². The first kappa shape index (κ1) is 12.3. The lowest BCUT2D eigenvalue weighted by atomic mass is 10.1. The normalized spacial score (nSPS) is 10.4. The highest BCUT2D eigenvalue weighted by Crippen LogP contribution is 2.16. The Morgan fingerprint density at radius 1 is 1.20 bits per heavy atom. The number of hydrogen-bond donors (Lipinski definition) is 2. The lowest BCUT2D eigenvalue weighted by molar-refractivity contribution is 1.03. The van der Waals surface area contributed by atoms with Crippen LogP contribution in [0.5, 0.6) is 0 Å². The summed E-state index contributed by atoms with van der Waals surface area (Å²) in [5.41, 5.74) is 3.08. The Balaban J connectivity index is 1.73. The van der Waals surface area contributed by atoms with Crippen LogP contribution in [-0.4, -0.2) is 25.1 Å². The van der Waals surface area contributed by atoms with E-state index in [0.717, 1.165) is 22.6 Å². The summed E-state index contributed by atoms with van der Waals surface area (Å²) < 4.78 is 0. The first-order valence-electron chi connectivity index (χ1n) is 6.29. The van der Waals surface area contributed by atoms with Gasteiger partial charge in [-0.15, -0.1) is 0 Å². The van der Waals surface area contributed by atoms with Gasteiger partial charge in [0, 0.05) is 24.0 Å². The first-order chi connectivity index (χ1) is 9.81. The molecular formula is C14H14N6. The summed E-state index contributed by atoms with van der Waals surface area (Å²) >= 11 is 0. The quantitative estimate of drug-likeness (QED) is 0.756. The van der Waals surface area contributed by atoms with Gasteiger partial charge in [-0.2, -0.15) is 5.10 Å². The van der Waals surface area contributed by atoms with E-state index in [1.807, 2.05) is 31.2 Å². The summed E-state index contributed by atoms with van der Waals surface area (Å²) in [6.45, 7) is 2.60. The Hall–Kier alpha value is -2.76. The zero-order valence-corrected chi connectivity index (χ0v) is 11.0. The Morgan fingerprint density at radius 2 is 2.15 bits per heavy atom. The molecule has 100 valence electrons. The fourth-order valence-electron chi connectivity index (χ4n) is 1.89. The number of rotatable bonds is 4. The summed E-state index contributed by atoms with van der Waals surface area (Å²) in [6, 6.07) is 9.96. The minimum atomic E-state index is 0.634. The lowest BCUT2D eigenvalue weighted by Crippen LogP contribution is -2.04. The van der Waals surface area contributed by atoms with E-state index in [-0.39, 0.29) is 0 Å². The third-order valence-corrected chi connectivity index (χ3v) is 2.86. The van der Waals surface area contributed by atoms with Gasteiger partial charge in [-0.3, -0.25) is 5.10 Å². The molecule has 3 aromatic rings. The van der Waals surface area contributed by atoms with E-state index in [4.69, 9.17) is 0 Å². The Labute approximate surface area is 116 Å². The van der Waals surface area contributed by atoms with Gasteiger partial charge in [-0.25, -0.2) is 15.0 Å². The third kappa shape index (κ3) is 2.80. The predicted octanol–water partition coefficient (Wildman–Crippen LogP) is 2.18. The van der Waals surface area contributed by atoms with Gasteiger partial charge in [0.05, 0.1) is 0 Å². The number of H-pyrrole nitrogens is 1. The summed E-state index contributed by atoms with van der Waals surface area (Å²) in [7, 11) is 0. The molecule has 3 rings (SSSR count). The molecule has 0 unspecified atom stereocenters. The molecule has 2 aromatic heterocycles. The van der Waals surface area contributed by atoms with Crippen molar-refractivity contribution in [3.05, 3.63) is 54.1 Å². The van der Waals surface area contributed by atoms with E-state index < -0.39 is 0 Å². The zero-order valence-electron chi connectivity index (χ0n) is 11.0. The van der Waals surface area contributed by atoms with Crippen LogP contribution in [0.2, 0.25) is 0 Å². The average Bonchev–Trinajstić information content (AvgIpc) is 3.00. The monoisotopic (exact) mass is 266 g/mol. The van der Waals surface area contributed by atoms with Crippen LogP contribution in [0.15, 0.2) is 42.9 Å². The Kier molecular flexibility index (Phi) is 3.36. The van der Waals surface area contributed by atoms with Crippen molar-refractivity contribution in [2.24, 2.45) is 0 Å². The minimum Gasteiger partial charge on any atom is -0.350 e. The van der Waals surface area contributed by atoms with Crippen LogP contribution in [0.3, 0.4) is 0 Å². The molecule has 0 amide bonds. The minimum absolute atomic E-state index is 0.634. The predicted molar refractivity (Wildman–Crippen MR) is 75.9 cm³/mol.